The maximum Gasteiger partial charge on any atom is 0.342 e. The smallest absolute Gasteiger partial charge is 0.342 e. The van der Waals surface area contributed by atoms with E-state index in [1.165, 1.54) is 0 Å². The zero-order chi connectivity index (χ0) is 10.8. The van der Waals surface area contributed by atoms with Gasteiger partial charge >= 0.3 is 5.69 Å². The highest BCUT2D eigenvalue weighted by Crippen LogP contribution is 2.12. The summed E-state index contributed by atoms with van der Waals surface area (Å²) in [7, 11) is 0. The second kappa shape index (κ2) is 3.85. The van der Waals surface area contributed by atoms with Crippen LogP contribution in [-0.2, 0) is 0 Å². The van der Waals surface area contributed by atoms with Gasteiger partial charge in [0.25, 0.3) is 5.56 Å². The summed E-state index contributed by atoms with van der Waals surface area (Å²) >= 11 is 0. The summed E-state index contributed by atoms with van der Waals surface area (Å²) in [6, 6.07) is 0. The highest BCUT2D eigenvalue weighted by atomic mass is 16.3. The van der Waals surface area contributed by atoms with Crippen molar-refractivity contribution in [2.45, 2.75) is 18.9 Å². The monoisotopic (exact) mass is 212 g/mol. The van der Waals surface area contributed by atoms with Crippen molar-refractivity contribution in [2.75, 3.05) is 18.0 Å². The van der Waals surface area contributed by atoms with Crippen molar-refractivity contribution in [1.82, 2.24) is 15.2 Å². The number of hydrogen-bond acceptors (Lipinski definition) is 5. The van der Waals surface area contributed by atoms with Gasteiger partial charge in [0.1, 0.15) is 0 Å². The Balaban J connectivity index is 2.29. The average Bonchev–Trinajstić information content (AvgIpc) is 2.17. The van der Waals surface area contributed by atoms with E-state index < -0.39 is 17.4 Å². The van der Waals surface area contributed by atoms with E-state index >= 15 is 0 Å². The number of piperidine rings is 1. The summed E-state index contributed by atoms with van der Waals surface area (Å²) in [5.41, 5.74) is -1.14. The third-order valence-corrected chi connectivity index (χ3v) is 2.39. The van der Waals surface area contributed by atoms with Crippen molar-refractivity contribution >= 4 is 5.82 Å². The number of aromatic nitrogens is 3. The Morgan fingerprint density at radius 3 is 2.93 bits per heavy atom. The Bertz CT molecular complexity index is 452. The number of hydrogen-bond donors (Lipinski definition) is 3. The van der Waals surface area contributed by atoms with Crippen LogP contribution in [0.15, 0.2) is 9.59 Å². The zero-order valence-electron chi connectivity index (χ0n) is 8.06. The average molecular weight is 212 g/mol. The molecular formula is C8H12N4O3. The molecule has 1 atom stereocenters. The molecule has 3 N–H and O–H groups in total. The summed E-state index contributed by atoms with van der Waals surface area (Å²) in [6.07, 6.45) is 1.10. The van der Waals surface area contributed by atoms with Crippen LogP contribution in [0.3, 0.4) is 0 Å². The fourth-order valence-corrected chi connectivity index (χ4v) is 1.70. The van der Waals surface area contributed by atoms with Gasteiger partial charge in [-0.25, -0.2) is 9.89 Å². The third-order valence-electron chi connectivity index (χ3n) is 2.39. The fraction of sp³-hybridized carbons (Fsp3) is 0.625. The lowest BCUT2D eigenvalue weighted by Crippen LogP contribution is -2.42. The molecule has 1 aliphatic heterocycles. The molecule has 1 aliphatic rings. The summed E-state index contributed by atoms with van der Waals surface area (Å²) in [5.74, 6) is 0.161. The molecule has 1 aromatic heterocycles. The molecule has 2 rings (SSSR count). The van der Waals surface area contributed by atoms with Gasteiger partial charge in [0.2, 0.25) is 5.82 Å². The maximum atomic E-state index is 11.4. The highest BCUT2D eigenvalue weighted by molar-refractivity contribution is 5.34. The first kappa shape index (κ1) is 9.91. The van der Waals surface area contributed by atoms with Gasteiger partial charge in [0.05, 0.1) is 6.10 Å². The van der Waals surface area contributed by atoms with Crippen molar-refractivity contribution in [1.29, 1.82) is 0 Å². The highest BCUT2D eigenvalue weighted by Gasteiger charge is 2.21. The third kappa shape index (κ3) is 2.07. The molecule has 7 nitrogen and oxygen atoms in total. The van der Waals surface area contributed by atoms with E-state index in [1.54, 1.807) is 4.90 Å². The molecule has 0 amide bonds. The van der Waals surface area contributed by atoms with Crippen LogP contribution in [-0.4, -0.2) is 39.5 Å². The van der Waals surface area contributed by atoms with Crippen molar-refractivity contribution in [3.8, 4) is 0 Å². The van der Waals surface area contributed by atoms with Gasteiger partial charge in [-0.2, -0.15) is 0 Å². The maximum absolute atomic E-state index is 11.4. The minimum atomic E-state index is -0.624. The Kier molecular flexibility index (Phi) is 2.55. The molecule has 0 spiro atoms. The summed E-state index contributed by atoms with van der Waals surface area (Å²) in [6.45, 7) is 1.04. The van der Waals surface area contributed by atoms with Crippen LogP contribution in [0.25, 0.3) is 0 Å². The second-order valence-electron chi connectivity index (χ2n) is 3.57. The minimum absolute atomic E-state index is 0.161. The van der Waals surface area contributed by atoms with Gasteiger partial charge in [-0.1, -0.05) is 0 Å². The molecule has 0 aliphatic carbocycles. The van der Waals surface area contributed by atoms with Gasteiger partial charge in [-0.05, 0) is 12.8 Å². The lowest BCUT2D eigenvalue weighted by molar-refractivity contribution is 0.153. The first-order valence-corrected chi connectivity index (χ1v) is 4.79. The number of rotatable bonds is 1. The molecule has 1 unspecified atom stereocenters. The molecule has 2 heterocycles. The normalized spacial score (nSPS) is 21.7. The van der Waals surface area contributed by atoms with Crippen LogP contribution >= 0.6 is 0 Å². The first-order valence-electron chi connectivity index (χ1n) is 4.79. The van der Waals surface area contributed by atoms with Gasteiger partial charge in [-0.15, -0.1) is 5.10 Å². The summed E-state index contributed by atoms with van der Waals surface area (Å²) < 4.78 is 0. The predicted octanol–water partition coefficient (Wildman–Crippen LogP) is -1.58. The number of β-amino-alcohol motifs (C(OH)–C–C–N with tert-alkyl or cyclic N) is 1. The van der Waals surface area contributed by atoms with Crippen molar-refractivity contribution in [3.63, 3.8) is 0 Å². The quantitative estimate of drug-likeness (QED) is 0.521. The molecular weight excluding hydrogens is 200 g/mol. The van der Waals surface area contributed by atoms with Crippen LogP contribution in [0.4, 0.5) is 5.82 Å². The van der Waals surface area contributed by atoms with Crippen LogP contribution in [0.2, 0.25) is 0 Å². The number of H-pyrrole nitrogens is 2. The number of anilines is 1. The Labute approximate surface area is 84.8 Å². The van der Waals surface area contributed by atoms with E-state index in [0.29, 0.717) is 13.1 Å². The number of aromatic amines is 2. The lowest BCUT2D eigenvalue weighted by atomic mass is 10.1. The number of nitrogens with zero attached hydrogens (tertiary/aromatic N) is 2. The summed E-state index contributed by atoms with van der Waals surface area (Å²) in [4.78, 5) is 25.9. The molecule has 0 aromatic carbocycles. The molecule has 82 valence electrons. The van der Waals surface area contributed by atoms with Gasteiger partial charge in [-0.3, -0.25) is 9.78 Å². The standard InChI is InChI=1S/C8H12N4O3/c13-5-2-1-3-12(4-5)6-7(14)9-8(15)11-10-6/h5,13H,1-4H2,(H2,9,11,14,15). The van der Waals surface area contributed by atoms with Crippen molar-refractivity contribution in [2.24, 2.45) is 0 Å². The van der Waals surface area contributed by atoms with Gasteiger partial charge < -0.3 is 10.0 Å². The number of aliphatic hydroxyl groups is 1. The number of aliphatic hydroxyl groups excluding tert-OH is 1. The molecule has 1 saturated heterocycles. The van der Waals surface area contributed by atoms with Crippen molar-refractivity contribution < 1.29 is 5.11 Å². The molecule has 15 heavy (non-hydrogen) atoms. The Hall–Kier alpha value is -1.63. The Morgan fingerprint density at radius 1 is 1.47 bits per heavy atom. The predicted molar refractivity (Wildman–Crippen MR) is 52.9 cm³/mol. The van der Waals surface area contributed by atoms with Crippen LogP contribution < -0.4 is 16.1 Å². The van der Waals surface area contributed by atoms with E-state index in [4.69, 9.17) is 0 Å². The van der Waals surface area contributed by atoms with E-state index in [2.05, 4.69) is 15.2 Å². The van der Waals surface area contributed by atoms with Gasteiger partial charge in [0.15, 0.2) is 0 Å². The minimum Gasteiger partial charge on any atom is -0.391 e. The van der Waals surface area contributed by atoms with Crippen LogP contribution in [0.1, 0.15) is 12.8 Å². The molecule has 1 aromatic rings. The lowest BCUT2D eigenvalue weighted by Gasteiger charge is -2.29. The van der Waals surface area contributed by atoms with E-state index in [0.717, 1.165) is 12.8 Å². The van der Waals surface area contributed by atoms with Gasteiger partial charge in [0, 0.05) is 13.1 Å². The molecule has 0 radical (unpaired) electrons. The Morgan fingerprint density at radius 2 is 2.27 bits per heavy atom. The van der Waals surface area contributed by atoms with E-state index in [1.807, 2.05) is 0 Å². The van der Waals surface area contributed by atoms with Crippen LogP contribution in [0.5, 0.6) is 0 Å². The van der Waals surface area contributed by atoms with E-state index in [-0.39, 0.29) is 5.82 Å². The fourth-order valence-electron chi connectivity index (χ4n) is 1.70. The first-order chi connectivity index (χ1) is 7.16. The van der Waals surface area contributed by atoms with E-state index in [9.17, 15) is 14.7 Å². The second-order valence-corrected chi connectivity index (χ2v) is 3.57. The number of nitrogens with one attached hydrogen (secondary N) is 2. The molecule has 0 saturated carbocycles. The van der Waals surface area contributed by atoms with Crippen molar-refractivity contribution in [3.05, 3.63) is 20.8 Å². The molecule has 7 heteroatoms. The summed E-state index contributed by atoms with van der Waals surface area (Å²) in [5, 5.41) is 15.3. The van der Waals surface area contributed by atoms with Crippen LogP contribution in [0, 0.1) is 0 Å². The zero-order valence-corrected chi connectivity index (χ0v) is 8.06. The SMILES string of the molecule is O=c1[nH]nc(N2CCCC(O)C2)c(=O)[nH]1. The topological polar surface area (TPSA) is 102 Å². The largest absolute Gasteiger partial charge is 0.391 e. The molecule has 0 bridgehead atoms. The molecule has 1 fully saturated rings.